The van der Waals surface area contributed by atoms with Crippen LogP contribution in [0, 0.1) is 0 Å². The molecule has 1 aliphatic heterocycles. The van der Waals surface area contributed by atoms with Gasteiger partial charge in [0.15, 0.2) is 0 Å². The molecule has 0 saturated carbocycles. The molecule has 3 rings (SSSR count). The van der Waals surface area contributed by atoms with E-state index in [2.05, 4.69) is 10.4 Å². The Hall–Kier alpha value is -3.21. The Kier molecular flexibility index (Phi) is 5.50. The van der Waals surface area contributed by atoms with E-state index in [1.807, 2.05) is 73.7 Å². The summed E-state index contributed by atoms with van der Waals surface area (Å²) in [6, 6.07) is 19.2. The molecule has 1 heterocycles. The molecule has 1 aliphatic rings. The molecule has 1 saturated heterocycles. The monoisotopic (exact) mass is 361 g/mol. The minimum atomic E-state index is -0.943. The SMILES string of the molecule is CC(/C=N\N1C(=O)N[C@](C)(CCc2ccccc2)C1=O)=C\c1ccccc1. The second-order valence-electron chi connectivity index (χ2n) is 6.91. The van der Waals surface area contributed by atoms with Crippen molar-refractivity contribution in [1.29, 1.82) is 0 Å². The maximum absolute atomic E-state index is 12.7. The van der Waals surface area contributed by atoms with Crippen LogP contribution in [0.3, 0.4) is 0 Å². The van der Waals surface area contributed by atoms with Crippen molar-refractivity contribution in [1.82, 2.24) is 10.3 Å². The molecule has 1 atom stereocenters. The van der Waals surface area contributed by atoms with Crippen LogP contribution >= 0.6 is 0 Å². The second kappa shape index (κ2) is 7.99. The van der Waals surface area contributed by atoms with Crippen molar-refractivity contribution in [3.63, 3.8) is 0 Å². The summed E-state index contributed by atoms with van der Waals surface area (Å²) in [5.41, 5.74) is 2.07. The van der Waals surface area contributed by atoms with Gasteiger partial charge in [-0.2, -0.15) is 5.10 Å². The highest BCUT2D eigenvalue weighted by Gasteiger charge is 2.47. The van der Waals surface area contributed by atoms with Crippen LogP contribution < -0.4 is 5.32 Å². The molecule has 0 spiro atoms. The molecule has 0 bridgehead atoms. The summed E-state index contributed by atoms with van der Waals surface area (Å²) >= 11 is 0. The number of rotatable bonds is 6. The van der Waals surface area contributed by atoms with E-state index in [1.54, 1.807) is 6.92 Å². The van der Waals surface area contributed by atoms with Gasteiger partial charge in [0.25, 0.3) is 5.91 Å². The van der Waals surface area contributed by atoms with Gasteiger partial charge in [-0.15, -0.1) is 5.01 Å². The molecule has 3 amide bonds. The molecule has 1 N–H and O–H groups in total. The standard InChI is InChI=1S/C22H23N3O2/c1-17(15-19-11-7-4-8-12-19)16-23-25-20(26)22(2,24-21(25)27)14-13-18-9-5-3-6-10-18/h3-12,15-16H,13-14H2,1-2H3,(H,24,27)/b17-15+,23-16-/t22-/m1/s1. The van der Waals surface area contributed by atoms with Gasteiger partial charge in [0.1, 0.15) is 5.54 Å². The lowest BCUT2D eigenvalue weighted by Crippen LogP contribution is -2.44. The van der Waals surface area contributed by atoms with E-state index in [0.29, 0.717) is 12.8 Å². The summed E-state index contributed by atoms with van der Waals surface area (Å²) in [6.07, 6.45) is 4.70. The summed E-state index contributed by atoms with van der Waals surface area (Å²) in [6.45, 7) is 3.63. The quantitative estimate of drug-likeness (QED) is 0.624. The maximum Gasteiger partial charge on any atom is 0.346 e. The number of carbonyl (C=O) groups excluding carboxylic acids is 2. The van der Waals surface area contributed by atoms with E-state index in [1.165, 1.54) is 6.21 Å². The third kappa shape index (κ3) is 4.50. The highest BCUT2D eigenvalue weighted by Crippen LogP contribution is 2.23. The predicted molar refractivity (Wildman–Crippen MR) is 107 cm³/mol. The number of allylic oxidation sites excluding steroid dienone is 1. The van der Waals surface area contributed by atoms with E-state index in [4.69, 9.17) is 0 Å². The number of urea groups is 1. The van der Waals surface area contributed by atoms with E-state index in [0.717, 1.165) is 21.7 Å². The number of nitrogens with zero attached hydrogens (tertiary/aromatic N) is 2. The summed E-state index contributed by atoms with van der Waals surface area (Å²) in [7, 11) is 0. The zero-order chi connectivity index (χ0) is 19.3. The van der Waals surface area contributed by atoms with Gasteiger partial charge in [0, 0.05) is 0 Å². The van der Waals surface area contributed by atoms with Gasteiger partial charge >= 0.3 is 6.03 Å². The first-order valence-electron chi connectivity index (χ1n) is 8.96. The van der Waals surface area contributed by atoms with Gasteiger partial charge in [-0.3, -0.25) is 4.79 Å². The molecule has 0 unspecified atom stereocenters. The van der Waals surface area contributed by atoms with Crippen molar-refractivity contribution in [2.24, 2.45) is 5.10 Å². The lowest BCUT2D eigenvalue weighted by Gasteiger charge is -2.20. The predicted octanol–water partition coefficient (Wildman–Crippen LogP) is 4.02. The Morgan fingerprint density at radius 1 is 1.07 bits per heavy atom. The zero-order valence-corrected chi connectivity index (χ0v) is 15.6. The van der Waals surface area contributed by atoms with Crippen LogP contribution in [0.4, 0.5) is 4.79 Å². The van der Waals surface area contributed by atoms with Gasteiger partial charge < -0.3 is 5.32 Å². The average molecular weight is 361 g/mol. The van der Waals surface area contributed by atoms with Crippen molar-refractivity contribution in [3.05, 3.63) is 77.4 Å². The fourth-order valence-corrected chi connectivity index (χ4v) is 2.98. The topological polar surface area (TPSA) is 61.8 Å². The number of carbonyl (C=O) groups is 2. The number of hydrogen-bond donors (Lipinski definition) is 1. The molecule has 27 heavy (non-hydrogen) atoms. The minimum absolute atomic E-state index is 0.327. The molecule has 2 aromatic carbocycles. The second-order valence-corrected chi connectivity index (χ2v) is 6.91. The Labute approximate surface area is 159 Å². The Balaban J connectivity index is 1.67. The fraction of sp³-hybridized carbons (Fsp3) is 0.227. The van der Waals surface area contributed by atoms with Gasteiger partial charge in [-0.1, -0.05) is 66.7 Å². The average Bonchev–Trinajstić information content (AvgIpc) is 2.89. The lowest BCUT2D eigenvalue weighted by molar-refractivity contribution is -0.130. The minimum Gasteiger partial charge on any atom is -0.322 e. The van der Waals surface area contributed by atoms with Crippen LogP contribution in [0.1, 0.15) is 31.4 Å². The van der Waals surface area contributed by atoms with Crippen LogP contribution in [-0.2, 0) is 11.2 Å². The van der Waals surface area contributed by atoms with Gasteiger partial charge in [0.05, 0.1) is 6.21 Å². The van der Waals surface area contributed by atoms with Crippen molar-refractivity contribution in [3.8, 4) is 0 Å². The van der Waals surface area contributed by atoms with Gasteiger partial charge in [0.2, 0.25) is 0 Å². The van der Waals surface area contributed by atoms with E-state index in [-0.39, 0.29) is 5.91 Å². The first-order chi connectivity index (χ1) is 13.0. The number of amides is 3. The van der Waals surface area contributed by atoms with Crippen molar-refractivity contribution in [2.75, 3.05) is 0 Å². The molecule has 138 valence electrons. The van der Waals surface area contributed by atoms with Crippen LogP contribution in [-0.4, -0.2) is 28.7 Å². The summed E-state index contributed by atoms with van der Waals surface area (Å²) in [5, 5.41) is 7.81. The van der Waals surface area contributed by atoms with E-state index in [9.17, 15) is 9.59 Å². The van der Waals surface area contributed by atoms with Crippen molar-refractivity contribution >= 4 is 24.2 Å². The molecular formula is C22H23N3O2. The lowest BCUT2D eigenvalue weighted by atomic mass is 9.93. The molecule has 0 aromatic heterocycles. The first-order valence-corrected chi connectivity index (χ1v) is 8.96. The molecule has 1 fully saturated rings. The zero-order valence-electron chi connectivity index (χ0n) is 15.6. The number of imide groups is 1. The Morgan fingerprint density at radius 2 is 1.70 bits per heavy atom. The summed E-state index contributed by atoms with van der Waals surface area (Å²) in [5.74, 6) is -0.327. The molecule has 5 nitrogen and oxygen atoms in total. The van der Waals surface area contributed by atoms with Crippen LogP contribution in [0.2, 0.25) is 0 Å². The van der Waals surface area contributed by atoms with E-state index < -0.39 is 11.6 Å². The Bertz CT molecular complexity index is 875. The Morgan fingerprint density at radius 3 is 2.37 bits per heavy atom. The number of hydrazone groups is 1. The van der Waals surface area contributed by atoms with Gasteiger partial charge in [-0.25, -0.2) is 4.79 Å². The molecule has 0 aliphatic carbocycles. The molecule has 2 aromatic rings. The van der Waals surface area contributed by atoms with Gasteiger partial charge in [-0.05, 0) is 43.4 Å². The summed E-state index contributed by atoms with van der Waals surface area (Å²) < 4.78 is 0. The van der Waals surface area contributed by atoms with Crippen LogP contribution in [0.15, 0.2) is 71.3 Å². The summed E-state index contributed by atoms with van der Waals surface area (Å²) in [4.78, 5) is 25.0. The highest BCUT2D eigenvalue weighted by molar-refractivity contribution is 6.07. The third-order valence-corrected chi connectivity index (χ3v) is 4.57. The molecule has 5 heteroatoms. The van der Waals surface area contributed by atoms with Crippen LogP contribution in [0.5, 0.6) is 0 Å². The first kappa shape index (κ1) is 18.6. The van der Waals surface area contributed by atoms with Crippen molar-refractivity contribution < 1.29 is 9.59 Å². The number of benzene rings is 2. The number of hydrogen-bond acceptors (Lipinski definition) is 3. The highest BCUT2D eigenvalue weighted by atomic mass is 16.2. The molecule has 0 radical (unpaired) electrons. The largest absolute Gasteiger partial charge is 0.346 e. The third-order valence-electron chi connectivity index (χ3n) is 4.57. The number of aryl methyl sites for hydroxylation is 1. The van der Waals surface area contributed by atoms with Crippen LogP contribution in [0.25, 0.3) is 6.08 Å². The fourth-order valence-electron chi connectivity index (χ4n) is 2.98. The smallest absolute Gasteiger partial charge is 0.322 e. The van der Waals surface area contributed by atoms with E-state index >= 15 is 0 Å². The van der Waals surface area contributed by atoms with Crippen molar-refractivity contribution in [2.45, 2.75) is 32.2 Å². The normalized spacial score (nSPS) is 20.4. The maximum atomic E-state index is 12.7. The molecular weight excluding hydrogens is 338 g/mol. The number of nitrogens with one attached hydrogen (secondary N) is 1.